The Kier molecular flexibility index (Phi) is 5.38. The molecule has 0 aromatic carbocycles. The Labute approximate surface area is 206 Å². The van der Waals surface area contributed by atoms with Crippen LogP contribution in [0.2, 0.25) is 0 Å². The van der Waals surface area contributed by atoms with Gasteiger partial charge in [0.15, 0.2) is 11.1 Å². The first-order chi connectivity index (χ1) is 17.7. The van der Waals surface area contributed by atoms with E-state index in [1.807, 2.05) is 15.9 Å². The Morgan fingerprint density at radius 1 is 1.08 bits per heavy atom. The maximum Gasteiger partial charge on any atom is 0.416 e. The quantitative estimate of drug-likeness (QED) is 0.368. The minimum atomic E-state index is -4.43. The zero-order valence-electron chi connectivity index (χ0n) is 19.4. The number of imidazole rings is 1. The van der Waals surface area contributed by atoms with Crippen molar-refractivity contribution in [3.05, 3.63) is 63.0 Å². The topological polar surface area (TPSA) is 131 Å². The van der Waals surface area contributed by atoms with Crippen molar-refractivity contribution in [3.8, 4) is 5.88 Å². The molecule has 192 valence electrons. The second-order valence-electron chi connectivity index (χ2n) is 9.03. The number of pyridine rings is 1. The first-order valence-corrected chi connectivity index (χ1v) is 11.7. The van der Waals surface area contributed by atoms with E-state index in [9.17, 15) is 23.1 Å². The lowest BCUT2D eigenvalue weighted by Gasteiger charge is -2.36. The van der Waals surface area contributed by atoms with Gasteiger partial charge in [0, 0.05) is 43.7 Å². The second-order valence-corrected chi connectivity index (χ2v) is 9.03. The van der Waals surface area contributed by atoms with Gasteiger partial charge in [-0.05, 0) is 31.1 Å². The van der Waals surface area contributed by atoms with Gasteiger partial charge in [-0.15, -0.1) is 0 Å². The fourth-order valence-electron chi connectivity index (χ4n) is 4.28. The van der Waals surface area contributed by atoms with Gasteiger partial charge in [-0.3, -0.25) is 9.98 Å². The standard InChI is InChI=1S/C23H22F3N9O2/c24-23(25,26)14-3-4-27-17(10-14)33-5-7-34(8-6-33)18-11-19(29-15-1-2-15)35-20(31-18)13(12-28-35)9-16-21(36)32-22(37)30-16/h3-4,9-12,15,36H,1-2,5-8H2,(H2,30,32,37)/b13-9+,29-19?. The summed E-state index contributed by atoms with van der Waals surface area (Å²) in [5.74, 6) is 0.656. The van der Waals surface area contributed by atoms with Crippen LogP contribution in [0.4, 0.5) is 24.8 Å². The number of hydrogen-bond donors (Lipinski definition) is 3. The Morgan fingerprint density at radius 3 is 2.46 bits per heavy atom. The van der Waals surface area contributed by atoms with Crippen molar-refractivity contribution < 1.29 is 18.3 Å². The van der Waals surface area contributed by atoms with E-state index >= 15 is 0 Å². The van der Waals surface area contributed by atoms with Gasteiger partial charge in [-0.2, -0.15) is 22.8 Å². The lowest BCUT2D eigenvalue weighted by molar-refractivity contribution is -0.137. The molecule has 37 heavy (non-hydrogen) atoms. The van der Waals surface area contributed by atoms with Gasteiger partial charge in [0.05, 0.1) is 17.8 Å². The number of aromatic amines is 2. The summed E-state index contributed by atoms with van der Waals surface area (Å²) in [6.07, 6.45) is 1.91. The van der Waals surface area contributed by atoms with Gasteiger partial charge in [0.25, 0.3) is 0 Å². The van der Waals surface area contributed by atoms with Crippen molar-refractivity contribution in [2.75, 3.05) is 36.0 Å². The van der Waals surface area contributed by atoms with Crippen LogP contribution in [-0.4, -0.2) is 66.9 Å². The predicted molar refractivity (Wildman–Crippen MR) is 127 cm³/mol. The van der Waals surface area contributed by atoms with Crippen molar-refractivity contribution in [3.63, 3.8) is 0 Å². The summed E-state index contributed by atoms with van der Waals surface area (Å²) >= 11 is 0. The molecule has 3 N–H and O–H groups in total. The summed E-state index contributed by atoms with van der Waals surface area (Å²) in [7, 11) is 0. The van der Waals surface area contributed by atoms with E-state index in [1.165, 1.54) is 6.20 Å². The number of nitrogens with one attached hydrogen (secondary N) is 2. The molecular weight excluding hydrogens is 491 g/mol. The highest BCUT2D eigenvalue weighted by Gasteiger charge is 2.31. The predicted octanol–water partition coefficient (Wildman–Crippen LogP) is 0.803. The minimum Gasteiger partial charge on any atom is -0.493 e. The number of halogens is 3. The molecule has 1 aliphatic heterocycles. The van der Waals surface area contributed by atoms with Crippen molar-refractivity contribution in [2.45, 2.75) is 25.1 Å². The van der Waals surface area contributed by atoms with E-state index < -0.39 is 17.4 Å². The van der Waals surface area contributed by atoms with E-state index in [2.05, 4.69) is 20.1 Å². The fraction of sp³-hybridized carbons (Fsp3) is 0.348. The summed E-state index contributed by atoms with van der Waals surface area (Å²) < 4.78 is 41.0. The maximum atomic E-state index is 13.1. The van der Waals surface area contributed by atoms with Crippen molar-refractivity contribution in [1.29, 1.82) is 0 Å². The van der Waals surface area contributed by atoms with E-state index in [-0.39, 0.29) is 23.4 Å². The molecule has 4 aromatic heterocycles. The molecule has 11 nitrogen and oxygen atoms in total. The van der Waals surface area contributed by atoms with Gasteiger partial charge in [0.1, 0.15) is 17.3 Å². The summed E-state index contributed by atoms with van der Waals surface area (Å²) in [6.45, 7) is 1.96. The van der Waals surface area contributed by atoms with Crippen LogP contribution in [0.15, 0.2) is 40.4 Å². The Morgan fingerprint density at radius 2 is 1.81 bits per heavy atom. The van der Waals surface area contributed by atoms with Crippen molar-refractivity contribution >= 4 is 23.4 Å². The summed E-state index contributed by atoms with van der Waals surface area (Å²) in [4.78, 5) is 33.9. The van der Waals surface area contributed by atoms with Crippen LogP contribution >= 0.6 is 0 Å². The van der Waals surface area contributed by atoms with Crippen molar-refractivity contribution in [2.24, 2.45) is 4.99 Å². The van der Waals surface area contributed by atoms with E-state index in [0.717, 1.165) is 25.0 Å². The summed E-state index contributed by atoms with van der Waals surface area (Å²) in [5, 5.41) is 15.0. The molecule has 1 saturated carbocycles. The molecule has 5 heterocycles. The fourth-order valence-corrected chi connectivity index (χ4v) is 4.28. The maximum absolute atomic E-state index is 13.1. The highest BCUT2D eigenvalue weighted by molar-refractivity contribution is 5.58. The average Bonchev–Trinajstić information content (AvgIpc) is 3.51. The van der Waals surface area contributed by atoms with E-state index in [4.69, 9.17) is 9.98 Å². The number of anilines is 2. The molecule has 0 unspecified atom stereocenters. The third-order valence-corrected chi connectivity index (χ3v) is 6.36. The van der Waals surface area contributed by atoms with Gasteiger partial charge in [0.2, 0.25) is 5.88 Å². The molecule has 2 fully saturated rings. The number of aromatic hydroxyl groups is 1. The smallest absolute Gasteiger partial charge is 0.416 e. The average molecular weight is 513 g/mol. The number of aromatic nitrogens is 6. The minimum absolute atomic E-state index is 0.204. The van der Waals surface area contributed by atoms with Gasteiger partial charge >= 0.3 is 11.9 Å². The first kappa shape index (κ1) is 23.1. The molecule has 2 aliphatic rings. The molecule has 0 amide bonds. The van der Waals surface area contributed by atoms with Crippen LogP contribution in [0.3, 0.4) is 0 Å². The van der Waals surface area contributed by atoms with Gasteiger partial charge in [-0.1, -0.05) is 0 Å². The van der Waals surface area contributed by atoms with Gasteiger partial charge in [-0.25, -0.2) is 14.8 Å². The molecular formula is C23H22F3N9O2. The van der Waals surface area contributed by atoms with Crippen LogP contribution in [0.1, 0.15) is 24.1 Å². The summed E-state index contributed by atoms with van der Waals surface area (Å²) in [5.41, 5.74) is 0.0790. The van der Waals surface area contributed by atoms with Crippen LogP contribution in [0.5, 0.6) is 5.88 Å². The zero-order valence-corrected chi connectivity index (χ0v) is 19.4. The molecule has 0 atom stereocenters. The SMILES string of the molecule is O=c1[nH]c(O)c(/C=c2\cnn3c(=NC4CC4)cc(N4CCN(c5cc(C(F)(F)F)ccn5)CC4)nc23)[nH]1. The van der Waals surface area contributed by atoms with Crippen molar-refractivity contribution in [1.82, 2.24) is 29.5 Å². The Bertz CT molecular complexity index is 1640. The van der Waals surface area contributed by atoms with Crippen LogP contribution in [0.25, 0.3) is 11.7 Å². The number of rotatable bonds is 4. The van der Waals surface area contributed by atoms with E-state index in [1.54, 1.807) is 16.8 Å². The van der Waals surface area contributed by atoms with Crippen LogP contribution in [-0.2, 0) is 6.18 Å². The molecule has 0 radical (unpaired) electrons. The second kappa shape index (κ2) is 8.64. The molecule has 1 aliphatic carbocycles. The molecule has 4 aromatic rings. The van der Waals surface area contributed by atoms with Crippen LogP contribution in [0, 0.1) is 0 Å². The number of piperazine rings is 1. The van der Waals surface area contributed by atoms with Gasteiger partial charge < -0.3 is 19.9 Å². The Balaban J connectivity index is 1.33. The molecule has 6 rings (SSSR count). The zero-order chi connectivity index (χ0) is 25.7. The lowest BCUT2D eigenvalue weighted by Crippen LogP contribution is -2.47. The summed E-state index contributed by atoms with van der Waals surface area (Å²) in [6, 6.07) is 4.12. The molecule has 1 saturated heterocycles. The first-order valence-electron chi connectivity index (χ1n) is 11.7. The third-order valence-electron chi connectivity index (χ3n) is 6.36. The largest absolute Gasteiger partial charge is 0.493 e. The number of fused-ring (bicyclic) bond motifs is 1. The number of hydrogen-bond acceptors (Lipinski definition) is 8. The normalized spacial score (nSPS) is 17.8. The number of nitrogens with zero attached hydrogens (tertiary/aromatic N) is 7. The number of H-pyrrole nitrogens is 2. The van der Waals surface area contributed by atoms with E-state index in [0.29, 0.717) is 48.4 Å². The number of alkyl halides is 3. The monoisotopic (exact) mass is 513 g/mol. The highest BCUT2D eigenvalue weighted by Crippen LogP contribution is 2.31. The Hall–Kier alpha value is -4.36. The molecule has 0 spiro atoms. The lowest BCUT2D eigenvalue weighted by atomic mass is 10.2. The highest BCUT2D eigenvalue weighted by atomic mass is 19.4. The molecule has 14 heteroatoms. The molecule has 0 bridgehead atoms. The third kappa shape index (κ3) is 4.61. The van der Waals surface area contributed by atoms with Crippen LogP contribution < -0.4 is 26.2 Å².